The van der Waals surface area contributed by atoms with Crippen molar-refractivity contribution in [1.82, 2.24) is 10.3 Å². The molecule has 0 spiro atoms. The molecule has 0 fully saturated rings. The standard InChI is InChI=1S/C11H15N3/c1-9-10(5-3-4-8-13-2)6-7-11(12)14-9/h6-7,13H,4,8H2,1-2H3,(H2,12,14). The van der Waals surface area contributed by atoms with Crippen LogP contribution in [-0.2, 0) is 0 Å². The van der Waals surface area contributed by atoms with E-state index < -0.39 is 0 Å². The summed E-state index contributed by atoms with van der Waals surface area (Å²) in [7, 11) is 1.91. The molecule has 3 nitrogen and oxygen atoms in total. The quantitative estimate of drug-likeness (QED) is 0.537. The summed E-state index contributed by atoms with van der Waals surface area (Å²) < 4.78 is 0. The first kappa shape index (κ1) is 10.6. The molecule has 1 aromatic rings. The first-order chi connectivity index (χ1) is 6.74. The highest BCUT2D eigenvalue weighted by atomic mass is 14.8. The highest BCUT2D eigenvalue weighted by Crippen LogP contribution is 2.05. The molecule has 0 aliphatic heterocycles. The molecule has 0 aliphatic rings. The van der Waals surface area contributed by atoms with Crippen molar-refractivity contribution in [3.05, 3.63) is 23.4 Å². The Kier molecular flexibility index (Phi) is 3.96. The zero-order chi connectivity index (χ0) is 10.4. The number of aryl methyl sites for hydroxylation is 1. The fourth-order valence-electron chi connectivity index (χ4n) is 1.06. The summed E-state index contributed by atoms with van der Waals surface area (Å²) in [4.78, 5) is 4.13. The minimum absolute atomic E-state index is 0.545. The van der Waals surface area contributed by atoms with E-state index in [4.69, 9.17) is 5.73 Å². The van der Waals surface area contributed by atoms with Gasteiger partial charge in [-0.1, -0.05) is 11.8 Å². The zero-order valence-corrected chi connectivity index (χ0v) is 8.59. The van der Waals surface area contributed by atoms with Crippen molar-refractivity contribution >= 4 is 5.82 Å². The summed E-state index contributed by atoms with van der Waals surface area (Å²) in [6, 6.07) is 3.68. The molecule has 0 amide bonds. The topological polar surface area (TPSA) is 50.9 Å². The van der Waals surface area contributed by atoms with Crippen molar-refractivity contribution in [1.29, 1.82) is 0 Å². The van der Waals surface area contributed by atoms with E-state index in [1.54, 1.807) is 6.07 Å². The minimum Gasteiger partial charge on any atom is -0.384 e. The summed E-state index contributed by atoms with van der Waals surface area (Å²) in [5.74, 6) is 6.68. The van der Waals surface area contributed by atoms with E-state index >= 15 is 0 Å². The number of hydrogen-bond acceptors (Lipinski definition) is 3. The molecule has 3 N–H and O–H groups in total. The fourth-order valence-corrected chi connectivity index (χ4v) is 1.06. The maximum absolute atomic E-state index is 5.53. The molecule has 0 saturated heterocycles. The van der Waals surface area contributed by atoms with Crippen molar-refractivity contribution in [3.8, 4) is 11.8 Å². The molecule has 1 rings (SSSR count). The van der Waals surface area contributed by atoms with Crippen molar-refractivity contribution in [2.75, 3.05) is 19.3 Å². The number of aromatic nitrogens is 1. The van der Waals surface area contributed by atoms with Gasteiger partial charge in [0.25, 0.3) is 0 Å². The van der Waals surface area contributed by atoms with Gasteiger partial charge in [0.15, 0.2) is 0 Å². The van der Waals surface area contributed by atoms with Crippen LogP contribution in [0.25, 0.3) is 0 Å². The van der Waals surface area contributed by atoms with Gasteiger partial charge in [-0.15, -0.1) is 0 Å². The SMILES string of the molecule is CNCCC#Cc1ccc(N)nc1C. The summed E-state index contributed by atoms with van der Waals surface area (Å²) in [5, 5.41) is 3.04. The Balaban J connectivity index is 2.70. The van der Waals surface area contributed by atoms with Crippen LogP contribution in [0.1, 0.15) is 17.7 Å². The lowest BCUT2D eigenvalue weighted by atomic mass is 10.2. The second kappa shape index (κ2) is 5.25. The number of nitrogens with one attached hydrogen (secondary N) is 1. The second-order valence-corrected chi connectivity index (χ2v) is 3.02. The summed E-state index contributed by atoms with van der Waals surface area (Å²) in [6.45, 7) is 2.83. The molecule has 0 unspecified atom stereocenters. The van der Waals surface area contributed by atoms with Crippen LogP contribution in [0.3, 0.4) is 0 Å². The molecule has 0 atom stereocenters. The fraction of sp³-hybridized carbons (Fsp3) is 0.364. The van der Waals surface area contributed by atoms with E-state index in [0.717, 1.165) is 24.2 Å². The smallest absolute Gasteiger partial charge is 0.123 e. The maximum atomic E-state index is 5.53. The number of nitrogens with zero attached hydrogens (tertiary/aromatic N) is 1. The van der Waals surface area contributed by atoms with Crippen LogP contribution < -0.4 is 11.1 Å². The highest BCUT2D eigenvalue weighted by molar-refractivity contribution is 5.42. The Morgan fingerprint density at radius 1 is 1.50 bits per heavy atom. The maximum Gasteiger partial charge on any atom is 0.123 e. The lowest BCUT2D eigenvalue weighted by Gasteiger charge is -1.97. The normalized spacial score (nSPS) is 9.29. The molecule has 0 radical (unpaired) electrons. The van der Waals surface area contributed by atoms with Crippen LogP contribution in [0, 0.1) is 18.8 Å². The van der Waals surface area contributed by atoms with E-state index in [1.807, 2.05) is 20.0 Å². The monoisotopic (exact) mass is 189 g/mol. The van der Waals surface area contributed by atoms with E-state index in [9.17, 15) is 0 Å². The van der Waals surface area contributed by atoms with Gasteiger partial charge in [0, 0.05) is 18.5 Å². The van der Waals surface area contributed by atoms with Crippen molar-refractivity contribution in [2.24, 2.45) is 0 Å². The predicted octanol–water partition coefficient (Wildman–Crippen LogP) is 0.933. The molecule has 74 valence electrons. The largest absolute Gasteiger partial charge is 0.384 e. The Labute approximate surface area is 84.7 Å². The lowest BCUT2D eigenvalue weighted by molar-refractivity contribution is 0.818. The van der Waals surface area contributed by atoms with Gasteiger partial charge in [-0.25, -0.2) is 4.98 Å². The van der Waals surface area contributed by atoms with E-state index in [-0.39, 0.29) is 0 Å². The zero-order valence-electron chi connectivity index (χ0n) is 8.59. The van der Waals surface area contributed by atoms with Gasteiger partial charge < -0.3 is 11.1 Å². The molecule has 0 aliphatic carbocycles. The first-order valence-electron chi connectivity index (χ1n) is 4.60. The van der Waals surface area contributed by atoms with Gasteiger partial charge in [-0.2, -0.15) is 0 Å². The third-order valence-corrected chi connectivity index (χ3v) is 1.83. The molecule has 0 bridgehead atoms. The Hall–Kier alpha value is -1.53. The molecule has 1 aromatic heterocycles. The molecule has 1 heterocycles. The van der Waals surface area contributed by atoms with Crippen LogP contribution >= 0.6 is 0 Å². The summed E-state index contributed by atoms with van der Waals surface area (Å²) in [6.07, 6.45) is 0.848. The van der Waals surface area contributed by atoms with Crippen LogP contribution in [0.15, 0.2) is 12.1 Å². The summed E-state index contributed by atoms with van der Waals surface area (Å²) in [5.41, 5.74) is 7.38. The minimum atomic E-state index is 0.545. The average Bonchev–Trinajstić information content (AvgIpc) is 2.15. The van der Waals surface area contributed by atoms with Gasteiger partial charge in [0.1, 0.15) is 5.82 Å². The van der Waals surface area contributed by atoms with Crippen LogP contribution in [-0.4, -0.2) is 18.6 Å². The highest BCUT2D eigenvalue weighted by Gasteiger charge is 1.95. The van der Waals surface area contributed by atoms with E-state index in [0.29, 0.717) is 5.82 Å². The third kappa shape index (κ3) is 3.08. The van der Waals surface area contributed by atoms with Crippen LogP contribution in [0.5, 0.6) is 0 Å². The number of nitrogens with two attached hydrogens (primary N) is 1. The number of rotatable bonds is 2. The van der Waals surface area contributed by atoms with Crippen molar-refractivity contribution in [2.45, 2.75) is 13.3 Å². The molecule has 0 aromatic carbocycles. The lowest BCUT2D eigenvalue weighted by Crippen LogP contribution is -2.05. The molecule has 3 heteroatoms. The predicted molar refractivity (Wildman–Crippen MR) is 58.8 cm³/mol. The van der Waals surface area contributed by atoms with Gasteiger partial charge in [-0.05, 0) is 26.1 Å². The van der Waals surface area contributed by atoms with Gasteiger partial charge in [0.2, 0.25) is 0 Å². The Morgan fingerprint density at radius 2 is 2.29 bits per heavy atom. The number of hydrogen-bond donors (Lipinski definition) is 2. The second-order valence-electron chi connectivity index (χ2n) is 3.02. The van der Waals surface area contributed by atoms with Gasteiger partial charge in [-0.3, -0.25) is 0 Å². The Morgan fingerprint density at radius 3 is 2.93 bits per heavy atom. The average molecular weight is 189 g/mol. The molecule has 14 heavy (non-hydrogen) atoms. The number of anilines is 1. The Bertz CT molecular complexity index is 361. The van der Waals surface area contributed by atoms with Crippen LogP contribution in [0.4, 0.5) is 5.82 Å². The number of pyridine rings is 1. The first-order valence-corrected chi connectivity index (χ1v) is 4.60. The van der Waals surface area contributed by atoms with Crippen LogP contribution in [0.2, 0.25) is 0 Å². The molecule has 0 saturated carbocycles. The van der Waals surface area contributed by atoms with E-state index in [2.05, 4.69) is 22.1 Å². The van der Waals surface area contributed by atoms with Crippen molar-refractivity contribution in [3.63, 3.8) is 0 Å². The molecular formula is C11H15N3. The van der Waals surface area contributed by atoms with E-state index in [1.165, 1.54) is 0 Å². The van der Waals surface area contributed by atoms with Gasteiger partial charge in [0.05, 0.1) is 5.69 Å². The molecular weight excluding hydrogens is 174 g/mol. The number of nitrogen functional groups attached to an aromatic ring is 1. The van der Waals surface area contributed by atoms with Gasteiger partial charge >= 0.3 is 0 Å². The third-order valence-electron chi connectivity index (χ3n) is 1.83. The summed E-state index contributed by atoms with van der Waals surface area (Å²) >= 11 is 0. The van der Waals surface area contributed by atoms with Crippen molar-refractivity contribution < 1.29 is 0 Å².